The molecule has 0 aromatic rings. The number of rotatable bonds is 2. The van der Waals surface area contributed by atoms with Crippen LogP contribution < -0.4 is 5.43 Å². The quantitative estimate of drug-likeness (QED) is 0.366. The SMILES string of the molecule is CC(C)(C)C(=O)N[N+](C)(C)[CH-]O. The summed E-state index contributed by atoms with van der Waals surface area (Å²) >= 11 is 0. The van der Waals surface area contributed by atoms with Crippen molar-refractivity contribution in [2.45, 2.75) is 20.8 Å². The molecule has 0 aliphatic carbocycles. The van der Waals surface area contributed by atoms with E-state index in [2.05, 4.69) is 5.43 Å². The number of aliphatic hydroxyl groups is 1. The van der Waals surface area contributed by atoms with E-state index < -0.39 is 5.41 Å². The van der Waals surface area contributed by atoms with E-state index in [4.69, 9.17) is 5.11 Å². The average Bonchev–Trinajstić information content (AvgIpc) is 1.85. The fraction of sp³-hybridized carbons (Fsp3) is 0.750. The molecular formula is C8H18N2O2. The Hall–Kier alpha value is -0.610. The van der Waals surface area contributed by atoms with Crippen LogP contribution in [0.1, 0.15) is 20.8 Å². The van der Waals surface area contributed by atoms with Gasteiger partial charge in [-0.25, -0.2) is 5.43 Å². The fourth-order valence-corrected chi connectivity index (χ4v) is 0.458. The molecule has 0 saturated carbocycles. The molecule has 72 valence electrons. The predicted molar refractivity (Wildman–Crippen MR) is 45.9 cm³/mol. The summed E-state index contributed by atoms with van der Waals surface area (Å²) in [6, 6.07) is 0. The second-order valence-corrected chi connectivity index (χ2v) is 4.35. The van der Waals surface area contributed by atoms with Crippen molar-refractivity contribution in [1.29, 1.82) is 0 Å². The molecule has 0 rings (SSSR count). The van der Waals surface area contributed by atoms with Crippen LogP contribution in [0.4, 0.5) is 0 Å². The summed E-state index contributed by atoms with van der Waals surface area (Å²) < 4.78 is -0.0316. The Morgan fingerprint density at radius 1 is 1.42 bits per heavy atom. The second kappa shape index (κ2) is 3.41. The first-order valence-corrected chi connectivity index (χ1v) is 3.84. The summed E-state index contributed by atoms with van der Waals surface area (Å²) in [5.74, 6) is -0.0993. The maximum absolute atomic E-state index is 11.4. The molecule has 0 aromatic heterocycles. The Morgan fingerprint density at radius 2 is 1.83 bits per heavy atom. The molecule has 2 N–H and O–H groups in total. The van der Waals surface area contributed by atoms with Gasteiger partial charge in [0, 0.05) is 12.1 Å². The van der Waals surface area contributed by atoms with Gasteiger partial charge < -0.3 is 9.70 Å². The Bertz CT molecular complexity index is 170. The molecule has 0 fully saturated rings. The van der Waals surface area contributed by atoms with E-state index in [9.17, 15) is 4.79 Å². The van der Waals surface area contributed by atoms with Crippen LogP contribution in [0.2, 0.25) is 0 Å². The molecule has 0 aliphatic heterocycles. The summed E-state index contributed by atoms with van der Waals surface area (Å²) in [7, 11) is 3.34. The molecule has 0 saturated heterocycles. The smallest absolute Gasteiger partial charge is 0.268 e. The highest BCUT2D eigenvalue weighted by Crippen LogP contribution is 2.13. The van der Waals surface area contributed by atoms with Crippen LogP contribution in [-0.4, -0.2) is 29.7 Å². The normalized spacial score (nSPS) is 12.8. The van der Waals surface area contributed by atoms with E-state index in [1.807, 2.05) is 20.8 Å². The number of hydrogen-bond acceptors (Lipinski definition) is 2. The maximum atomic E-state index is 11.4. The lowest BCUT2D eigenvalue weighted by Gasteiger charge is -2.37. The van der Waals surface area contributed by atoms with Gasteiger partial charge in [0.25, 0.3) is 5.91 Å². The minimum Gasteiger partial charge on any atom is -0.508 e. The van der Waals surface area contributed by atoms with Gasteiger partial charge in [-0.1, -0.05) is 20.8 Å². The zero-order valence-electron chi connectivity index (χ0n) is 8.38. The number of nitrogens with zero attached hydrogens (tertiary/aromatic N) is 1. The summed E-state index contributed by atoms with van der Waals surface area (Å²) in [4.78, 5) is 11.4. The number of carbonyl (C=O) groups is 1. The fourth-order valence-electron chi connectivity index (χ4n) is 0.458. The molecule has 0 aliphatic rings. The average molecular weight is 174 g/mol. The molecule has 4 heteroatoms. The van der Waals surface area contributed by atoms with Crippen LogP contribution in [0.15, 0.2) is 0 Å². The van der Waals surface area contributed by atoms with Gasteiger partial charge in [0.1, 0.15) is 0 Å². The number of quaternary nitrogens is 1. The van der Waals surface area contributed by atoms with Crippen LogP contribution in [0.25, 0.3) is 0 Å². The van der Waals surface area contributed by atoms with Crippen molar-refractivity contribution < 1.29 is 14.5 Å². The van der Waals surface area contributed by atoms with E-state index in [0.717, 1.165) is 6.73 Å². The van der Waals surface area contributed by atoms with Crippen LogP contribution in [0.5, 0.6) is 0 Å². The van der Waals surface area contributed by atoms with Crippen LogP contribution >= 0.6 is 0 Å². The summed E-state index contributed by atoms with van der Waals surface area (Å²) in [5, 5.41) is 8.74. The minimum absolute atomic E-state index is 0.0316. The largest absolute Gasteiger partial charge is 0.508 e. The first-order chi connectivity index (χ1) is 5.19. The number of aliphatic hydroxyl groups excluding tert-OH is 1. The van der Waals surface area contributed by atoms with Crippen molar-refractivity contribution in [1.82, 2.24) is 5.43 Å². The predicted octanol–water partition coefficient (Wildman–Crippen LogP) is 0.632. The van der Waals surface area contributed by atoms with Crippen LogP contribution in [-0.2, 0) is 4.79 Å². The lowest BCUT2D eigenvalue weighted by molar-refractivity contribution is -0.911. The van der Waals surface area contributed by atoms with Crippen molar-refractivity contribution in [3.05, 3.63) is 6.73 Å². The van der Waals surface area contributed by atoms with Gasteiger partial charge in [-0.2, -0.15) is 0 Å². The van der Waals surface area contributed by atoms with E-state index in [-0.39, 0.29) is 10.5 Å². The van der Waals surface area contributed by atoms with Gasteiger partial charge in [-0.3, -0.25) is 4.79 Å². The molecule has 0 spiro atoms. The molecule has 4 nitrogen and oxygen atoms in total. The molecule has 0 unspecified atom stereocenters. The highest BCUT2D eigenvalue weighted by atomic mass is 16.3. The summed E-state index contributed by atoms with van der Waals surface area (Å²) in [5.41, 5.74) is 2.21. The van der Waals surface area contributed by atoms with Crippen LogP contribution in [0.3, 0.4) is 0 Å². The highest BCUT2D eigenvalue weighted by molar-refractivity contribution is 5.80. The maximum Gasteiger partial charge on any atom is 0.268 e. The molecule has 1 amide bonds. The Morgan fingerprint density at radius 3 is 2.08 bits per heavy atom. The lowest BCUT2D eigenvalue weighted by Crippen LogP contribution is -2.55. The zero-order valence-corrected chi connectivity index (χ0v) is 8.38. The van der Waals surface area contributed by atoms with E-state index in [1.54, 1.807) is 14.1 Å². The van der Waals surface area contributed by atoms with Crippen LogP contribution in [0, 0.1) is 12.1 Å². The summed E-state index contributed by atoms with van der Waals surface area (Å²) in [6.45, 7) is 6.38. The van der Waals surface area contributed by atoms with E-state index in [0.29, 0.717) is 0 Å². The second-order valence-electron chi connectivity index (χ2n) is 4.35. The van der Waals surface area contributed by atoms with Crippen molar-refractivity contribution in [2.75, 3.05) is 14.1 Å². The van der Waals surface area contributed by atoms with E-state index >= 15 is 0 Å². The molecule has 12 heavy (non-hydrogen) atoms. The Balaban J connectivity index is 4.20. The zero-order chi connectivity index (χ0) is 9.99. The van der Waals surface area contributed by atoms with Crippen molar-refractivity contribution >= 4 is 5.91 Å². The molecular weight excluding hydrogens is 156 g/mol. The number of carbonyl (C=O) groups excluding carboxylic acids is 1. The van der Waals surface area contributed by atoms with Gasteiger partial charge in [0.05, 0.1) is 14.1 Å². The van der Waals surface area contributed by atoms with Gasteiger partial charge >= 0.3 is 0 Å². The number of amides is 1. The van der Waals surface area contributed by atoms with Crippen molar-refractivity contribution in [3.63, 3.8) is 0 Å². The molecule has 0 aromatic carbocycles. The topological polar surface area (TPSA) is 49.3 Å². The first-order valence-electron chi connectivity index (χ1n) is 3.84. The minimum atomic E-state index is -0.432. The summed E-state index contributed by atoms with van der Waals surface area (Å²) in [6.07, 6.45) is 0. The van der Waals surface area contributed by atoms with Gasteiger partial charge in [0.2, 0.25) is 0 Å². The monoisotopic (exact) mass is 174 g/mol. The standard InChI is InChI=1S/C8H18N2O2/c1-8(2,3)7(12)9-10(4,5)6-11/h6,11H,1-5H3,(H,9,12). The van der Waals surface area contributed by atoms with Gasteiger partial charge in [-0.05, 0) is 0 Å². The van der Waals surface area contributed by atoms with Gasteiger partial charge in [0.15, 0.2) is 0 Å². The molecule has 0 bridgehead atoms. The Kier molecular flexibility index (Phi) is 3.24. The highest BCUT2D eigenvalue weighted by Gasteiger charge is 2.24. The first kappa shape index (κ1) is 11.4. The number of hydrogen-bond donors (Lipinski definition) is 2. The third-order valence-corrected chi connectivity index (χ3v) is 1.36. The van der Waals surface area contributed by atoms with Gasteiger partial charge in [-0.15, -0.1) is 0 Å². The van der Waals surface area contributed by atoms with Crippen molar-refractivity contribution in [2.24, 2.45) is 5.41 Å². The Labute approximate surface area is 73.7 Å². The van der Waals surface area contributed by atoms with E-state index in [1.165, 1.54) is 0 Å². The number of nitrogens with one attached hydrogen (secondary N) is 1. The van der Waals surface area contributed by atoms with Crippen molar-refractivity contribution in [3.8, 4) is 0 Å². The third kappa shape index (κ3) is 3.69. The lowest BCUT2D eigenvalue weighted by atomic mass is 9.96. The third-order valence-electron chi connectivity index (χ3n) is 1.36. The molecule has 0 atom stereocenters. The molecule has 0 heterocycles. The molecule has 0 radical (unpaired) electrons.